The molecule has 0 bridgehead atoms. The smallest absolute Gasteiger partial charge is 0.309 e. The molecule has 4 nitrogen and oxygen atoms in total. The third-order valence-electron chi connectivity index (χ3n) is 1.89. The summed E-state index contributed by atoms with van der Waals surface area (Å²) in [6.07, 6.45) is 0.0738. The Balaban J connectivity index is 2.44. The number of aliphatic hydroxyl groups excluding tert-OH is 1. The van der Waals surface area contributed by atoms with Crippen LogP contribution in [0.1, 0.15) is 13.3 Å². The Kier molecular flexibility index (Phi) is 3.58. The van der Waals surface area contributed by atoms with Gasteiger partial charge in [-0.05, 0) is 6.92 Å². The quantitative estimate of drug-likeness (QED) is 0.677. The average molecular weight is 206 g/mol. The Morgan fingerprint density at radius 2 is 2.54 bits per heavy atom. The fraction of sp³-hybridized carbons (Fsp3) is 0.875. The molecule has 1 heterocycles. The Bertz CT molecular complexity index is 197. The molecule has 0 aromatic rings. The Hall–Kier alpha value is -0.260. The van der Waals surface area contributed by atoms with Gasteiger partial charge in [0.15, 0.2) is 0 Å². The lowest BCUT2D eigenvalue weighted by Crippen LogP contribution is -2.28. The summed E-state index contributed by atoms with van der Waals surface area (Å²) in [5.41, 5.74) is 0. The highest BCUT2D eigenvalue weighted by Crippen LogP contribution is 2.38. The van der Waals surface area contributed by atoms with Gasteiger partial charge < -0.3 is 14.6 Å². The van der Waals surface area contributed by atoms with Gasteiger partial charge in [0.05, 0.1) is 26.2 Å². The number of carbonyl (C=O) groups is 1. The van der Waals surface area contributed by atoms with E-state index < -0.39 is 4.93 Å². The number of aliphatic hydroxyl groups is 1. The Labute approximate surface area is 81.6 Å². The number of thioether (sulfide) groups is 1. The van der Waals surface area contributed by atoms with Crippen LogP contribution in [0.15, 0.2) is 0 Å². The molecule has 5 heteroatoms. The minimum Gasteiger partial charge on any atom is -0.469 e. The van der Waals surface area contributed by atoms with Gasteiger partial charge in [-0.15, -0.1) is 11.8 Å². The third kappa shape index (κ3) is 2.86. The molecular weight excluding hydrogens is 192 g/mol. The second-order valence-electron chi connectivity index (χ2n) is 3.12. The lowest BCUT2D eigenvalue weighted by atomic mass is 10.2. The van der Waals surface area contributed by atoms with Crippen molar-refractivity contribution in [1.82, 2.24) is 0 Å². The summed E-state index contributed by atoms with van der Waals surface area (Å²) in [6, 6.07) is 0. The number of rotatable bonds is 3. The SMILES string of the molecule is COC(=O)CC1(C)OC(CO)CS1. The lowest BCUT2D eigenvalue weighted by molar-refractivity contribution is -0.145. The van der Waals surface area contributed by atoms with Gasteiger partial charge in [0, 0.05) is 5.75 Å². The molecule has 0 aromatic heterocycles. The van der Waals surface area contributed by atoms with Crippen molar-refractivity contribution in [3.05, 3.63) is 0 Å². The van der Waals surface area contributed by atoms with E-state index in [-0.39, 0.29) is 25.1 Å². The highest BCUT2D eigenvalue weighted by Gasteiger charge is 2.38. The fourth-order valence-corrected chi connectivity index (χ4v) is 2.34. The van der Waals surface area contributed by atoms with E-state index in [4.69, 9.17) is 9.84 Å². The van der Waals surface area contributed by atoms with Crippen LogP contribution in [0.5, 0.6) is 0 Å². The Morgan fingerprint density at radius 1 is 1.85 bits per heavy atom. The van der Waals surface area contributed by atoms with E-state index >= 15 is 0 Å². The van der Waals surface area contributed by atoms with Gasteiger partial charge in [-0.25, -0.2) is 0 Å². The summed E-state index contributed by atoms with van der Waals surface area (Å²) in [7, 11) is 1.36. The first kappa shape index (κ1) is 10.8. The van der Waals surface area contributed by atoms with Crippen molar-refractivity contribution in [3.8, 4) is 0 Å². The predicted molar refractivity (Wildman–Crippen MR) is 49.5 cm³/mol. The molecule has 1 N–H and O–H groups in total. The van der Waals surface area contributed by atoms with Crippen molar-refractivity contribution in [2.24, 2.45) is 0 Å². The van der Waals surface area contributed by atoms with E-state index in [0.717, 1.165) is 5.75 Å². The first-order valence-electron chi connectivity index (χ1n) is 4.09. The first-order valence-corrected chi connectivity index (χ1v) is 5.07. The van der Waals surface area contributed by atoms with Crippen molar-refractivity contribution in [2.75, 3.05) is 19.5 Å². The van der Waals surface area contributed by atoms with Gasteiger partial charge in [-0.3, -0.25) is 4.79 Å². The number of esters is 1. The zero-order chi connectivity index (χ0) is 9.90. The monoisotopic (exact) mass is 206 g/mol. The summed E-state index contributed by atoms with van der Waals surface area (Å²) in [4.78, 5) is 10.5. The molecule has 0 aromatic carbocycles. The van der Waals surface area contributed by atoms with E-state index in [1.54, 1.807) is 0 Å². The molecule has 2 atom stereocenters. The molecule has 1 fully saturated rings. The molecule has 76 valence electrons. The summed E-state index contributed by atoms with van der Waals surface area (Å²) in [5.74, 6) is 0.442. The van der Waals surface area contributed by atoms with Gasteiger partial charge in [-0.2, -0.15) is 0 Å². The average Bonchev–Trinajstić information content (AvgIpc) is 2.47. The molecule has 0 aliphatic carbocycles. The van der Waals surface area contributed by atoms with Crippen LogP contribution < -0.4 is 0 Å². The molecule has 1 rings (SSSR count). The van der Waals surface area contributed by atoms with Crippen molar-refractivity contribution in [3.63, 3.8) is 0 Å². The van der Waals surface area contributed by atoms with Crippen LogP contribution in [0, 0.1) is 0 Å². The summed E-state index contributed by atoms with van der Waals surface area (Å²) < 4.78 is 10.0. The van der Waals surface area contributed by atoms with Crippen molar-refractivity contribution < 1.29 is 19.4 Å². The zero-order valence-corrected chi connectivity index (χ0v) is 8.60. The Morgan fingerprint density at radius 3 is 3.00 bits per heavy atom. The molecule has 0 spiro atoms. The van der Waals surface area contributed by atoms with E-state index in [1.807, 2.05) is 6.92 Å². The lowest BCUT2D eigenvalue weighted by Gasteiger charge is -2.21. The van der Waals surface area contributed by atoms with Crippen LogP contribution in [-0.2, 0) is 14.3 Å². The first-order chi connectivity index (χ1) is 6.09. The third-order valence-corrected chi connectivity index (χ3v) is 3.28. The molecule has 1 aliphatic heterocycles. The fourth-order valence-electron chi connectivity index (χ4n) is 1.21. The highest BCUT2D eigenvalue weighted by atomic mass is 32.2. The van der Waals surface area contributed by atoms with Gasteiger partial charge in [0.25, 0.3) is 0 Å². The molecule has 13 heavy (non-hydrogen) atoms. The topological polar surface area (TPSA) is 55.8 Å². The van der Waals surface area contributed by atoms with Crippen LogP contribution in [0.4, 0.5) is 0 Å². The highest BCUT2D eigenvalue weighted by molar-refractivity contribution is 8.00. The van der Waals surface area contributed by atoms with Crippen molar-refractivity contribution in [1.29, 1.82) is 0 Å². The number of hydrogen-bond acceptors (Lipinski definition) is 5. The minimum atomic E-state index is -0.527. The molecule has 1 saturated heterocycles. The van der Waals surface area contributed by atoms with E-state index in [1.165, 1.54) is 18.9 Å². The van der Waals surface area contributed by atoms with Gasteiger partial charge in [0.2, 0.25) is 0 Å². The van der Waals surface area contributed by atoms with E-state index in [2.05, 4.69) is 4.74 Å². The summed E-state index contributed by atoms with van der Waals surface area (Å²) in [5, 5.41) is 8.84. The number of methoxy groups -OCH3 is 1. The number of carbonyl (C=O) groups excluding carboxylic acids is 1. The zero-order valence-electron chi connectivity index (χ0n) is 7.78. The second kappa shape index (κ2) is 4.30. The van der Waals surface area contributed by atoms with Crippen LogP contribution in [0.2, 0.25) is 0 Å². The van der Waals surface area contributed by atoms with E-state index in [0.29, 0.717) is 0 Å². The number of hydrogen-bond donors (Lipinski definition) is 1. The number of ether oxygens (including phenoxy) is 2. The summed E-state index contributed by atoms with van der Waals surface area (Å²) >= 11 is 1.54. The van der Waals surface area contributed by atoms with Gasteiger partial charge >= 0.3 is 5.97 Å². The van der Waals surface area contributed by atoms with Gasteiger partial charge in [0.1, 0.15) is 4.93 Å². The maximum atomic E-state index is 11.0. The molecule has 1 aliphatic rings. The van der Waals surface area contributed by atoms with Crippen LogP contribution >= 0.6 is 11.8 Å². The standard InChI is InChI=1S/C8H14O4S/c1-8(3-7(10)11-2)12-6(4-9)5-13-8/h6,9H,3-5H2,1-2H3. The van der Waals surface area contributed by atoms with Crippen molar-refractivity contribution in [2.45, 2.75) is 24.4 Å². The van der Waals surface area contributed by atoms with E-state index in [9.17, 15) is 4.79 Å². The normalized spacial score (nSPS) is 33.3. The molecule has 0 amide bonds. The van der Waals surface area contributed by atoms with Crippen LogP contribution in [0.3, 0.4) is 0 Å². The maximum absolute atomic E-state index is 11.0. The van der Waals surface area contributed by atoms with Crippen LogP contribution in [-0.4, -0.2) is 41.6 Å². The van der Waals surface area contributed by atoms with Crippen LogP contribution in [0.25, 0.3) is 0 Å². The molecule has 2 unspecified atom stereocenters. The van der Waals surface area contributed by atoms with Crippen molar-refractivity contribution >= 4 is 17.7 Å². The largest absolute Gasteiger partial charge is 0.469 e. The van der Waals surface area contributed by atoms with Gasteiger partial charge in [-0.1, -0.05) is 0 Å². The minimum absolute atomic E-state index is 0.00373. The predicted octanol–water partition coefficient (Wildman–Crippen LogP) is 0.390. The molecular formula is C8H14O4S. The second-order valence-corrected chi connectivity index (χ2v) is 4.61. The summed E-state index contributed by atoms with van der Waals surface area (Å²) in [6.45, 7) is 1.84. The molecule has 0 radical (unpaired) electrons. The maximum Gasteiger partial charge on any atom is 0.309 e. The molecule has 0 saturated carbocycles.